The van der Waals surface area contributed by atoms with Crippen molar-refractivity contribution in [2.75, 3.05) is 30.1 Å². The molecule has 0 fully saturated rings. The Morgan fingerprint density at radius 1 is 1.25 bits per heavy atom. The van der Waals surface area contributed by atoms with Crippen molar-refractivity contribution in [1.29, 1.82) is 0 Å². The average molecular weight is 472 g/mol. The second-order valence-electron chi connectivity index (χ2n) is 5.07. The van der Waals surface area contributed by atoms with E-state index in [1.54, 1.807) is 6.92 Å². The van der Waals surface area contributed by atoms with E-state index in [9.17, 15) is 12.8 Å². The Balaban J connectivity index is 0.00000529. The third-order valence-corrected chi connectivity index (χ3v) is 4.23. The highest BCUT2D eigenvalue weighted by atomic mass is 127. The van der Waals surface area contributed by atoms with E-state index in [-0.39, 0.29) is 42.0 Å². The molecule has 138 valence electrons. The van der Waals surface area contributed by atoms with Crippen LogP contribution < -0.4 is 15.4 Å². The van der Waals surface area contributed by atoms with Gasteiger partial charge in [-0.05, 0) is 38.0 Å². The summed E-state index contributed by atoms with van der Waals surface area (Å²) >= 11 is 0. The van der Waals surface area contributed by atoms with E-state index in [0.29, 0.717) is 24.6 Å². The summed E-state index contributed by atoms with van der Waals surface area (Å²) in [6.07, 6.45) is 0.912. The molecule has 3 N–H and O–H groups in total. The van der Waals surface area contributed by atoms with E-state index in [2.05, 4.69) is 20.3 Å². The molecule has 0 atom stereocenters. The van der Waals surface area contributed by atoms with Crippen LogP contribution in [0.3, 0.4) is 0 Å². The molecule has 0 aliphatic carbocycles. The van der Waals surface area contributed by atoms with Crippen molar-refractivity contribution in [1.82, 2.24) is 10.6 Å². The Morgan fingerprint density at radius 2 is 1.96 bits per heavy atom. The minimum atomic E-state index is -3.56. The number of rotatable bonds is 8. The first-order chi connectivity index (χ1) is 10.9. The Morgan fingerprint density at radius 3 is 2.54 bits per heavy atom. The first kappa shape index (κ1) is 22.9. The smallest absolute Gasteiger partial charge is 0.234 e. The van der Waals surface area contributed by atoms with Crippen molar-refractivity contribution < 1.29 is 12.8 Å². The molecule has 0 radical (unpaired) electrons. The molecule has 1 aromatic carbocycles. The largest absolute Gasteiger partial charge is 0.357 e. The van der Waals surface area contributed by atoms with Crippen LogP contribution in [0.15, 0.2) is 23.2 Å². The Hall–Kier alpha value is -1.10. The second kappa shape index (κ2) is 11.5. The number of aryl methyl sites for hydroxylation is 1. The molecule has 0 aromatic heterocycles. The van der Waals surface area contributed by atoms with Gasteiger partial charge in [0.1, 0.15) is 5.82 Å². The van der Waals surface area contributed by atoms with Crippen LogP contribution in [-0.4, -0.2) is 39.8 Å². The summed E-state index contributed by atoms with van der Waals surface area (Å²) in [5, 5.41) is 6.00. The highest BCUT2D eigenvalue weighted by Crippen LogP contribution is 2.14. The summed E-state index contributed by atoms with van der Waals surface area (Å²) in [5.41, 5.74) is 0.691. The topological polar surface area (TPSA) is 82.6 Å². The number of sulfonamides is 1. The standard InChI is InChI=1S/C15H25FN4O2S.HI/c1-4-8-18-15(17-5-2)19-9-10-23(21,22)20-13-7-6-12(3)14(16)11-13;/h6-7,11,20H,4-5,8-10H2,1-3H3,(H2,17,18,19);1H. The molecule has 0 aliphatic rings. The lowest BCUT2D eigenvalue weighted by atomic mass is 10.2. The molecule has 1 rings (SSSR count). The van der Waals surface area contributed by atoms with Crippen LogP contribution in [0.2, 0.25) is 0 Å². The minimum Gasteiger partial charge on any atom is -0.357 e. The molecule has 1 aromatic rings. The molecule has 0 bridgehead atoms. The predicted octanol–water partition coefficient (Wildman–Crippen LogP) is 2.46. The molecular weight excluding hydrogens is 446 g/mol. The van der Waals surface area contributed by atoms with Gasteiger partial charge in [-0.25, -0.2) is 12.8 Å². The number of benzene rings is 1. The molecule has 0 heterocycles. The van der Waals surface area contributed by atoms with Gasteiger partial charge in [-0.3, -0.25) is 9.71 Å². The molecule has 24 heavy (non-hydrogen) atoms. The number of guanidine groups is 1. The molecule has 0 amide bonds. The average Bonchev–Trinajstić information content (AvgIpc) is 2.48. The number of hydrogen-bond acceptors (Lipinski definition) is 3. The minimum absolute atomic E-state index is 0. The van der Waals surface area contributed by atoms with E-state index < -0.39 is 15.8 Å². The molecule has 0 spiro atoms. The maximum atomic E-state index is 13.4. The van der Waals surface area contributed by atoms with Gasteiger partial charge < -0.3 is 10.6 Å². The van der Waals surface area contributed by atoms with E-state index >= 15 is 0 Å². The van der Waals surface area contributed by atoms with Crippen molar-refractivity contribution in [2.24, 2.45) is 4.99 Å². The van der Waals surface area contributed by atoms with Crippen LogP contribution in [0, 0.1) is 12.7 Å². The summed E-state index contributed by atoms with van der Waals surface area (Å²) in [6.45, 7) is 7.15. The fraction of sp³-hybridized carbons (Fsp3) is 0.533. The van der Waals surface area contributed by atoms with Gasteiger partial charge in [0.2, 0.25) is 10.0 Å². The van der Waals surface area contributed by atoms with E-state index in [4.69, 9.17) is 0 Å². The SMILES string of the molecule is CCCN=C(NCC)NCCS(=O)(=O)Nc1ccc(C)c(F)c1.I. The number of anilines is 1. The summed E-state index contributed by atoms with van der Waals surface area (Å²) in [6, 6.07) is 4.25. The molecule has 0 unspecified atom stereocenters. The summed E-state index contributed by atoms with van der Waals surface area (Å²) < 4.78 is 39.8. The maximum absolute atomic E-state index is 13.4. The van der Waals surface area contributed by atoms with Crippen molar-refractivity contribution in [3.8, 4) is 0 Å². The number of halogens is 2. The summed E-state index contributed by atoms with van der Waals surface area (Å²) in [5.74, 6) is 0.00866. The zero-order valence-corrected chi connectivity index (χ0v) is 17.4. The first-order valence-electron chi connectivity index (χ1n) is 7.66. The lowest BCUT2D eigenvalue weighted by Crippen LogP contribution is -2.40. The van der Waals surface area contributed by atoms with Crippen molar-refractivity contribution >= 4 is 45.6 Å². The lowest BCUT2D eigenvalue weighted by molar-refractivity contribution is 0.599. The fourth-order valence-electron chi connectivity index (χ4n) is 1.76. The third-order valence-electron chi connectivity index (χ3n) is 2.95. The zero-order chi connectivity index (χ0) is 17.3. The van der Waals surface area contributed by atoms with Gasteiger partial charge in [-0.2, -0.15) is 0 Å². The molecule has 9 heteroatoms. The first-order valence-corrected chi connectivity index (χ1v) is 9.32. The van der Waals surface area contributed by atoms with Crippen LogP contribution in [0.25, 0.3) is 0 Å². The molecule has 6 nitrogen and oxygen atoms in total. The number of hydrogen-bond donors (Lipinski definition) is 3. The number of aliphatic imine (C=N–C) groups is 1. The van der Waals surface area contributed by atoms with E-state index in [1.165, 1.54) is 18.2 Å². The highest BCUT2D eigenvalue weighted by molar-refractivity contribution is 14.0. The predicted molar refractivity (Wildman–Crippen MR) is 108 cm³/mol. The van der Waals surface area contributed by atoms with Gasteiger partial charge in [-0.15, -0.1) is 24.0 Å². The number of nitrogens with zero attached hydrogens (tertiary/aromatic N) is 1. The Kier molecular flexibility index (Phi) is 10.9. The molecule has 0 aliphatic heterocycles. The van der Waals surface area contributed by atoms with E-state index in [0.717, 1.165) is 6.42 Å². The normalized spacial score (nSPS) is 11.6. The summed E-state index contributed by atoms with van der Waals surface area (Å²) in [7, 11) is -3.56. The van der Waals surface area contributed by atoms with Crippen LogP contribution in [0.5, 0.6) is 0 Å². The summed E-state index contributed by atoms with van der Waals surface area (Å²) in [4.78, 5) is 4.29. The Bertz CT molecular complexity index is 638. The molecular formula is C15H26FIN4O2S. The van der Waals surface area contributed by atoms with Crippen LogP contribution >= 0.6 is 24.0 Å². The molecule has 0 saturated carbocycles. The van der Waals surface area contributed by atoms with Crippen LogP contribution in [0.1, 0.15) is 25.8 Å². The Labute approximate surface area is 160 Å². The van der Waals surface area contributed by atoms with Gasteiger partial charge in [0.25, 0.3) is 0 Å². The fourth-order valence-corrected chi connectivity index (χ4v) is 2.72. The van der Waals surface area contributed by atoms with E-state index in [1.807, 2.05) is 13.8 Å². The van der Waals surface area contributed by atoms with Gasteiger partial charge >= 0.3 is 0 Å². The third kappa shape index (κ3) is 8.67. The lowest BCUT2D eigenvalue weighted by Gasteiger charge is -2.12. The number of nitrogens with one attached hydrogen (secondary N) is 3. The van der Waals surface area contributed by atoms with Crippen LogP contribution in [0.4, 0.5) is 10.1 Å². The maximum Gasteiger partial charge on any atom is 0.234 e. The van der Waals surface area contributed by atoms with Crippen LogP contribution in [-0.2, 0) is 10.0 Å². The van der Waals surface area contributed by atoms with Gasteiger partial charge in [-0.1, -0.05) is 13.0 Å². The van der Waals surface area contributed by atoms with Gasteiger partial charge in [0.05, 0.1) is 11.4 Å². The van der Waals surface area contributed by atoms with Crippen molar-refractivity contribution in [3.05, 3.63) is 29.6 Å². The van der Waals surface area contributed by atoms with Gasteiger partial charge in [0, 0.05) is 19.6 Å². The van der Waals surface area contributed by atoms with Crippen molar-refractivity contribution in [2.45, 2.75) is 27.2 Å². The quantitative estimate of drug-likeness (QED) is 0.309. The molecule has 0 saturated heterocycles. The monoisotopic (exact) mass is 472 g/mol. The van der Waals surface area contributed by atoms with Crippen molar-refractivity contribution in [3.63, 3.8) is 0 Å². The second-order valence-corrected chi connectivity index (χ2v) is 6.91. The van der Waals surface area contributed by atoms with Gasteiger partial charge in [0.15, 0.2) is 5.96 Å². The zero-order valence-electron chi connectivity index (χ0n) is 14.2. The highest BCUT2D eigenvalue weighted by Gasteiger charge is 2.11.